The quantitative estimate of drug-likeness (QED) is 0.416. The molecule has 1 fully saturated rings. The lowest BCUT2D eigenvalue weighted by Crippen LogP contribution is -2.40. The van der Waals surface area contributed by atoms with Crippen LogP contribution in [0.1, 0.15) is 36.0 Å². The third-order valence-electron chi connectivity index (χ3n) is 5.66. The van der Waals surface area contributed by atoms with Gasteiger partial charge in [0.25, 0.3) is 15.9 Å². The summed E-state index contributed by atoms with van der Waals surface area (Å²) in [5.41, 5.74) is 0.539. The minimum atomic E-state index is -3.94. The first-order valence-electron chi connectivity index (χ1n) is 11.4. The number of sulfonamides is 1. The smallest absolute Gasteiger partial charge is 0.262 e. The molecule has 1 saturated carbocycles. The van der Waals surface area contributed by atoms with E-state index in [4.69, 9.17) is 4.74 Å². The van der Waals surface area contributed by atoms with Gasteiger partial charge in [-0.15, -0.1) is 0 Å². The van der Waals surface area contributed by atoms with Gasteiger partial charge in [-0.25, -0.2) is 8.42 Å². The Hall–Kier alpha value is -3.85. The van der Waals surface area contributed by atoms with Crippen LogP contribution in [0.3, 0.4) is 0 Å². The zero-order valence-electron chi connectivity index (χ0n) is 19.1. The summed E-state index contributed by atoms with van der Waals surface area (Å²) >= 11 is 0. The van der Waals surface area contributed by atoms with Gasteiger partial charge in [0.1, 0.15) is 5.75 Å². The first-order valence-corrected chi connectivity index (χ1v) is 12.9. The fourth-order valence-electron chi connectivity index (χ4n) is 3.86. The van der Waals surface area contributed by atoms with Gasteiger partial charge in [0, 0.05) is 11.6 Å². The lowest BCUT2D eigenvalue weighted by molar-refractivity contribution is -0.120. The minimum absolute atomic E-state index is 0.0115. The molecule has 0 atom stereocenters. The summed E-state index contributed by atoms with van der Waals surface area (Å²) in [5, 5.41) is 5.47. The maximum atomic E-state index is 12.9. The molecule has 1 aliphatic rings. The maximum absolute atomic E-state index is 12.9. The summed E-state index contributed by atoms with van der Waals surface area (Å²) in [6.07, 6.45) is 4.14. The molecule has 3 aromatic rings. The van der Waals surface area contributed by atoms with Gasteiger partial charge >= 0.3 is 0 Å². The number of anilines is 1. The lowest BCUT2D eigenvalue weighted by atomic mass is 10.2. The van der Waals surface area contributed by atoms with E-state index in [1.165, 1.54) is 24.3 Å². The van der Waals surface area contributed by atoms with Crippen molar-refractivity contribution in [1.29, 1.82) is 0 Å². The molecule has 0 heterocycles. The molecule has 0 spiro atoms. The Morgan fingerprint density at radius 2 is 1.51 bits per heavy atom. The number of carbonyl (C=O) groups excluding carboxylic acids is 2. The first kappa shape index (κ1) is 24.3. The van der Waals surface area contributed by atoms with Gasteiger partial charge in [-0.3, -0.25) is 14.3 Å². The van der Waals surface area contributed by atoms with Gasteiger partial charge < -0.3 is 15.4 Å². The number of para-hydroxylation sites is 3. The van der Waals surface area contributed by atoms with Crippen molar-refractivity contribution in [1.82, 2.24) is 10.6 Å². The van der Waals surface area contributed by atoms with Gasteiger partial charge in [-0.2, -0.15) is 0 Å². The fourth-order valence-corrected chi connectivity index (χ4v) is 4.93. The largest absolute Gasteiger partial charge is 0.455 e. The fraction of sp³-hybridized carbons (Fsp3) is 0.231. The van der Waals surface area contributed by atoms with E-state index >= 15 is 0 Å². The summed E-state index contributed by atoms with van der Waals surface area (Å²) < 4.78 is 34.3. The molecule has 182 valence electrons. The number of hydrogen-bond acceptors (Lipinski definition) is 5. The molecule has 0 aliphatic heterocycles. The van der Waals surface area contributed by atoms with E-state index in [9.17, 15) is 18.0 Å². The second-order valence-electron chi connectivity index (χ2n) is 8.27. The van der Waals surface area contributed by atoms with E-state index in [0.717, 1.165) is 25.7 Å². The predicted molar refractivity (Wildman–Crippen MR) is 133 cm³/mol. The summed E-state index contributed by atoms with van der Waals surface area (Å²) in [6.45, 7) is -0.130. The van der Waals surface area contributed by atoms with E-state index in [1.807, 2.05) is 18.2 Å². The van der Waals surface area contributed by atoms with Crippen molar-refractivity contribution < 1.29 is 22.7 Å². The molecule has 1 aliphatic carbocycles. The van der Waals surface area contributed by atoms with Crippen LogP contribution >= 0.6 is 0 Å². The van der Waals surface area contributed by atoms with Crippen LogP contribution in [0.15, 0.2) is 83.8 Å². The Labute approximate surface area is 204 Å². The molecular formula is C26H27N3O5S. The van der Waals surface area contributed by atoms with Crippen LogP contribution in [0.25, 0.3) is 0 Å². The highest BCUT2D eigenvalue weighted by molar-refractivity contribution is 7.92. The summed E-state index contributed by atoms with van der Waals surface area (Å²) in [4.78, 5) is 24.4. The molecule has 0 saturated heterocycles. The molecule has 0 radical (unpaired) electrons. The highest BCUT2D eigenvalue weighted by atomic mass is 32.2. The van der Waals surface area contributed by atoms with Crippen molar-refractivity contribution >= 4 is 27.5 Å². The van der Waals surface area contributed by atoms with Crippen molar-refractivity contribution in [3.8, 4) is 11.5 Å². The minimum Gasteiger partial charge on any atom is -0.455 e. The summed E-state index contributed by atoms with van der Waals surface area (Å²) in [5.74, 6) is 0.246. The number of nitrogens with one attached hydrogen (secondary N) is 3. The molecule has 8 nitrogen and oxygen atoms in total. The van der Waals surface area contributed by atoms with Crippen LogP contribution in [-0.2, 0) is 14.8 Å². The molecule has 9 heteroatoms. The molecular weight excluding hydrogens is 466 g/mol. The average molecular weight is 494 g/mol. The Morgan fingerprint density at radius 3 is 2.23 bits per heavy atom. The summed E-state index contributed by atoms with van der Waals surface area (Å²) in [6, 6.07) is 21.4. The number of rotatable bonds is 9. The highest BCUT2D eigenvalue weighted by Gasteiger charge is 2.19. The SMILES string of the molecule is O=C(CNC(=O)c1ccc(S(=O)(=O)Nc2ccccc2Oc2ccccc2)cc1)NC1CCCC1. The number of benzene rings is 3. The summed E-state index contributed by atoms with van der Waals surface area (Å²) in [7, 11) is -3.94. The Kier molecular flexibility index (Phi) is 7.67. The van der Waals surface area contributed by atoms with Crippen LogP contribution < -0.4 is 20.1 Å². The van der Waals surface area contributed by atoms with E-state index in [2.05, 4.69) is 15.4 Å². The Morgan fingerprint density at radius 1 is 0.857 bits per heavy atom. The van der Waals surface area contributed by atoms with E-state index in [-0.39, 0.29) is 34.6 Å². The van der Waals surface area contributed by atoms with Gasteiger partial charge in [-0.05, 0) is 61.4 Å². The van der Waals surface area contributed by atoms with Crippen LogP contribution in [0, 0.1) is 0 Å². The van der Waals surface area contributed by atoms with Gasteiger partial charge in [0.2, 0.25) is 5.91 Å². The van der Waals surface area contributed by atoms with Crippen LogP contribution in [0.2, 0.25) is 0 Å². The Bertz CT molecular complexity index is 1270. The van der Waals surface area contributed by atoms with Gasteiger partial charge in [-0.1, -0.05) is 43.2 Å². The number of amides is 2. The number of carbonyl (C=O) groups is 2. The molecule has 4 rings (SSSR count). The number of hydrogen-bond donors (Lipinski definition) is 3. The molecule has 0 aromatic heterocycles. The zero-order chi connectivity index (χ0) is 24.7. The highest BCUT2D eigenvalue weighted by Crippen LogP contribution is 2.30. The topological polar surface area (TPSA) is 114 Å². The molecule has 35 heavy (non-hydrogen) atoms. The maximum Gasteiger partial charge on any atom is 0.262 e. The number of ether oxygens (including phenoxy) is 1. The van der Waals surface area contributed by atoms with E-state index in [0.29, 0.717) is 11.5 Å². The molecule has 0 bridgehead atoms. The first-order chi connectivity index (χ1) is 16.9. The second kappa shape index (κ2) is 11.1. The Balaban J connectivity index is 1.38. The van der Waals surface area contributed by atoms with Crippen molar-refractivity contribution in [2.24, 2.45) is 0 Å². The second-order valence-corrected chi connectivity index (χ2v) is 9.96. The predicted octanol–water partition coefficient (Wildman–Crippen LogP) is 4.07. The monoisotopic (exact) mass is 493 g/mol. The van der Waals surface area contributed by atoms with Crippen molar-refractivity contribution in [2.45, 2.75) is 36.6 Å². The standard InChI is InChI=1S/C26H27N3O5S/c30-25(28-20-8-4-5-9-20)18-27-26(31)19-14-16-22(17-15-19)35(32,33)29-23-12-6-7-13-24(23)34-21-10-2-1-3-11-21/h1-3,6-7,10-17,20,29H,4-5,8-9,18H2,(H,27,31)(H,28,30). The van der Waals surface area contributed by atoms with Crippen LogP contribution in [0.5, 0.6) is 11.5 Å². The van der Waals surface area contributed by atoms with Gasteiger partial charge in [0.05, 0.1) is 17.1 Å². The normalized spacial score (nSPS) is 13.7. The molecule has 3 N–H and O–H groups in total. The van der Waals surface area contributed by atoms with E-state index < -0.39 is 15.9 Å². The van der Waals surface area contributed by atoms with Crippen molar-refractivity contribution in [2.75, 3.05) is 11.3 Å². The average Bonchev–Trinajstić information content (AvgIpc) is 3.37. The molecule has 2 amide bonds. The van der Waals surface area contributed by atoms with Gasteiger partial charge in [0.15, 0.2) is 5.75 Å². The zero-order valence-corrected chi connectivity index (χ0v) is 19.9. The third kappa shape index (κ3) is 6.60. The van der Waals surface area contributed by atoms with Crippen molar-refractivity contribution in [3.63, 3.8) is 0 Å². The van der Waals surface area contributed by atoms with Crippen LogP contribution in [-0.4, -0.2) is 32.8 Å². The molecule has 3 aromatic carbocycles. The van der Waals surface area contributed by atoms with E-state index in [1.54, 1.807) is 36.4 Å². The van der Waals surface area contributed by atoms with Crippen molar-refractivity contribution in [3.05, 3.63) is 84.4 Å². The molecule has 0 unspecified atom stereocenters. The van der Waals surface area contributed by atoms with Crippen LogP contribution in [0.4, 0.5) is 5.69 Å². The third-order valence-corrected chi connectivity index (χ3v) is 7.04. The lowest BCUT2D eigenvalue weighted by Gasteiger charge is -2.14.